The Kier molecular flexibility index (Phi) is 8.24. The van der Waals surface area contributed by atoms with Crippen LogP contribution in [0.15, 0.2) is 66.7 Å². The molecule has 0 spiro atoms. The molecule has 0 unspecified atom stereocenters. The Balaban J connectivity index is 1.38. The number of nitrogens with one attached hydrogen (secondary N) is 1. The molecule has 1 saturated heterocycles. The summed E-state index contributed by atoms with van der Waals surface area (Å²) in [4.78, 5) is 26.8. The third kappa shape index (κ3) is 6.25. The molecule has 8 heteroatoms. The highest BCUT2D eigenvalue weighted by atomic mass is 16.5. The molecule has 2 atom stereocenters. The van der Waals surface area contributed by atoms with E-state index in [4.69, 9.17) is 10.00 Å². The average Bonchev–Trinajstić information content (AvgIpc) is 3.22. The topological polar surface area (TPSA) is 108 Å². The zero-order valence-electron chi connectivity index (χ0n) is 20.3. The van der Waals surface area contributed by atoms with Gasteiger partial charge in [-0.25, -0.2) is 0 Å². The molecule has 0 aliphatic carbocycles. The molecule has 0 bridgehead atoms. The van der Waals surface area contributed by atoms with Gasteiger partial charge in [0.05, 0.1) is 36.8 Å². The minimum atomic E-state index is -0.370. The summed E-state index contributed by atoms with van der Waals surface area (Å²) in [6.45, 7) is 1.14. The summed E-state index contributed by atoms with van der Waals surface area (Å²) in [5, 5.41) is 20.8. The summed E-state index contributed by atoms with van der Waals surface area (Å²) in [7, 11) is 1.35. The molecule has 0 saturated carbocycles. The third-order valence-corrected chi connectivity index (χ3v) is 6.47. The lowest BCUT2D eigenvalue weighted by Gasteiger charge is -2.25. The van der Waals surface area contributed by atoms with E-state index in [0.717, 1.165) is 18.4 Å². The first-order valence-electron chi connectivity index (χ1n) is 12.1. The Bertz CT molecular complexity index is 1210. The lowest BCUT2D eigenvalue weighted by molar-refractivity contribution is -0.144. The van der Waals surface area contributed by atoms with Gasteiger partial charge in [-0.3, -0.25) is 9.59 Å². The Morgan fingerprint density at radius 3 is 2.56 bits per heavy atom. The van der Waals surface area contributed by atoms with Crippen LogP contribution in [-0.2, 0) is 20.7 Å². The van der Waals surface area contributed by atoms with Crippen molar-refractivity contribution in [2.75, 3.05) is 25.5 Å². The van der Waals surface area contributed by atoms with Crippen LogP contribution in [0.2, 0.25) is 0 Å². The number of benzene rings is 2. The molecule has 2 heterocycles. The molecular formula is C28H29N5O3. The number of hydrogen-bond acceptors (Lipinski definition) is 7. The van der Waals surface area contributed by atoms with Crippen molar-refractivity contribution in [3.8, 4) is 17.3 Å². The Hall–Kier alpha value is -4.25. The van der Waals surface area contributed by atoms with Crippen molar-refractivity contribution in [2.45, 2.75) is 31.7 Å². The van der Waals surface area contributed by atoms with Gasteiger partial charge in [-0.2, -0.15) is 5.26 Å². The summed E-state index contributed by atoms with van der Waals surface area (Å²) >= 11 is 0. The number of likely N-dealkylation sites (tertiary alicyclic amines) is 1. The minimum absolute atomic E-state index is 0.00232. The van der Waals surface area contributed by atoms with E-state index in [1.165, 1.54) is 12.7 Å². The maximum absolute atomic E-state index is 13.1. The second-order valence-corrected chi connectivity index (χ2v) is 8.86. The molecule has 3 aromatic rings. The van der Waals surface area contributed by atoms with Crippen molar-refractivity contribution >= 4 is 17.7 Å². The van der Waals surface area contributed by atoms with E-state index in [2.05, 4.69) is 33.7 Å². The first-order valence-corrected chi connectivity index (χ1v) is 12.1. The molecule has 1 amide bonds. The van der Waals surface area contributed by atoms with Gasteiger partial charge in [0.25, 0.3) is 0 Å². The van der Waals surface area contributed by atoms with Gasteiger partial charge in [0.15, 0.2) is 0 Å². The van der Waals surface area contributed by atoms with Gasteiger partial charge in [-0.15, -0.1) is 10.2 Å². The fourth-order valence-corrected chi connectivity index (χ4v) is 4.53. The fourth-order valence-electron chi connectivity index (χ4n) is 4.53. The van der Waals surface area contributed by atoms with Crippen LogP contribution in [0.25, 0.3) is 11.3 Å². The number of hydrogen-bond donors (Lipinski definition) is 1. The zero-order chi connectivity index (χ0) is 25.3. The van der Waals surface area contributed by atoms with Crippen LogP contribution < -0.4 is 5.32 Å². The van der Waals surface area contributed by atoms with Gasteiger partial charge >= 0.3 is 5.97 Å². The molecule has 1 N–H and O–H groups in total. The SMILES string of the molecule is COC(=O)C[C@@H]1C[C@@H](CNc2ccc(-c3ccc(C#N)cc3)nn2)N(CCCc2ccccc2)C1=O. The molecule has 184 valence electrons. The van der Waals surface area contributed by atoms with E-state index in [0.29, 0.717) is 36.6 Å². The van der Waals surface area contributed by atoms with Gasteiger partial charge < -0.3 is 15.0 Å². The van der Waals surface area contributed by atoms with Crippen molar-refractivity contribution in [1.29, 1.82) is 5.26 Å². The quantitative estimate of drug-likeness (QED) is 0.437. The predicted molar refractivity (Wildman–Crippen MR) is 136 cm³/mol. The molecule has 2 aromatic carbocycles. The molecule has 4 rings (SSSR count). The van der Waals surface area contributed by atoms with E-state index in [9.17, 15) is 9.59 Å². The van der Waals surface area contributed by atoms with Gasteiger partial charge in [-0.05, 0) is 49.1 Å². The number of aryl methyl sites for hydroxylation is 1. The Labute approximate surface area is 210 Å². The zero-order valence-corrected chi connectivity index (χ0v) is 20.3. The molecule has 1 aliphatic heterocycles. The third-order valence-electron chi connectivity index (χ3n) is 6.47. The number of carbonyl (C=O) groups excluding carboxylic acids is 2. The van der Waals surface area contributed by atoms with Crippen LogP contribution in [0.5, 0.6) is 0 Å². The lowest BCUT2D eigenvalue weighted by atomic mass is 10.0. The second kappa shape index (κ2) is 11.9. The van der Waals surface area contributed by atoms with Crippen molar-refractivity contribution in [3.63, 3.8) is 0 Å². The van der Waals surface area contributed by atoms with E-state index in [-0.39, 0.29) is 30.3 Å². The molecule has 1 aromatic heterocycles. The van der Waals surface area contributed by atoms with E-state index < -0.39 is 0 Å². The first kappa shape index (κ1) is 24.9. The molecular weight excluding hydrogens is 454 g/mol. The Morgan fingerprint density at radius 1 is 1.11 bits per heavy atom. The number of anilines is 1. The van der Waals surface area contributed by atoms with Crippen LogP contribution in [0.3, 0.4) is 0 Å². The van der Waals surface area contributed by atoms with Crippen LogP contribution in [0.4, 0.5) is 5.82 Å². The summed E-state index contributed by atoms with van der Waals surface area (Å²) in [6.07, 6.45) is 2.41. The maximum Gasteiger partial charge on any atom is 0.306 e. The highest BCUT2D eigenvalue weighted by Crippen LogP contribution is 2.28. The van der Waals surface area contributed by atoms with Gasteiger partial charge in [-0.1, -0.05) is 42.5 Å². The summed E-state index contributed by atoms with van der Waals surface area (Å²) in [5.41, 5.74) is 3.42. The van der Waals surface area contributed by atoms with Crippen LogP contribution in [-0.4, -0.2) is 53.2 Å². The number of methoxy groups -OCH3 is 1. The lowest BCUT2D eigenvalue weighted by Crippen LogP contribution is -2.39. The first-order chi connectivity index (χ1) is 17.6. The number of esters is 1. The molecule has 1 aliphatic rings. The highest BCUT2D eigenvalue weighted by Gasteiger charge is 2.40. The summed E-state index contributed by atoms with van der Waals surface area (Å²) < 4.78 is 4.80. The number of nitrogens with zero attached hydrogens (tertiary/aromatic N) is 4. The van der Waals surface area contributed by atoms with E-state index >= 15 is 0 Å². The van der Waals surface area contributed by atoms with Crippen LogP contribution in [0.1, 0.15) is 30.4 Å². The van der Waals surface area contributed by atoms with Crippen molar-refractivity contribution in [1.82, 2.24) is 15.1 Å². The largest absolute Gasteiger partial charge is 0.469 e. The number of aromatic nitrogens is 2. The number of rotatable bonds is 10. The van der Waals surface area contributed by atoms with E-state index in [1.807, 2.05) is 47.4 Å². The minimum Gasteiger partial charge on any atom is -0.469 e. The number of carbonyl (C=O) groups is 2. The normalized spacial score (nSPS) is 17.0. The number of ether oxygens (including phenoxy) is 1. The predicted octanol–water partition coefficient (Wildman–Crippen LogP) is 3.84. The second-order valence-electron chi connectivity index (χ2n) is 8.86. The monoisotopic (exact) mass is 483 g/mol. The molecule has 36 heavy (non-hydrogen) atoms. The standard InChI is InChI=1S/C28H29N5O3/c1-36-27(34)17-23-16-24(33(28(23)35)15-5-8-20-6-3-2-4-7-20)19-30-26-14-13-25(31-32-26)22-11-9-21(18-29)10-12-22/h2-4,6-7,9-14,23-24H,5,8,15-17,19H2,1H3,(H,30,32)/t23-,24-/m0/s1. The van der Waals surface area contributed by atoms with Crippen LogP contribution >= 0.6 is 0 Å². The van der Waals surface area contributed by atoms with Crippen molar-refractivity contribution in [3.05, 3.63) is 77.9 Å². The summed E-state index contributed by atoms with van der Waals surface area (Å²) in [6, 6.07) is 23.2. The van der Waals surface area contributed by atoms with Gasteiger partial charge in [0, 0.05) is 24.7 Å². The molecule has 1 fully saturated rings. The summed E-state index contributed by atoms with van der Waals surface area (Å²) in [5.74, 6) is -0.121. The van der Waals surface area contributed by atoms with Crippen LogP contribution in [0, 0.1) is 17.2 Å². The fraction of sp³-hybridized carbons (Fsp3) is 0.321. The maximum atomic E-state index is 13.1. The van der Waals surface area contributed by atoms with Gasteiger partial charge in [0.2, 0.25) is 5.91 Å². The number of nitriles is 1. The van der Waals surface area contributed by atoms with E-state index in [1.54, 1.807) is 12.1 Å². The highest BCUT2D eigenvalue weighted by molar-refractivity contribution is 5.86. The average molecular weight is 484 g/mol. The van der Waals surface area contributed by atoms with Gasteiger partial charge in [0.1, 0.15) is 5.82 Å². The smallest absolute Gasteiger partial charge is 0.306 e. The van der Waals surface area contributed by atoms with Crippen molar-refractivity contribution in [2.24, 2.45) is 5.92 Å². The van der Waals surface area contributed by atoms with Crippen molar-refractivity contribution < 1.29 is 14.3 Å². The molecule has 0 radical (unpaired) electrons. The molecule has 8 nitrogen and oxygen atoms in total. The number of amides is 1. The Morgan fingerprint density at radius 2 is 1.89 bits per heavy atom.